The number of carbonyl (C=O) groups is 1. The van der Waals surface area contributed by atoms with Crippen molar-refractivity contribution in [3.05, 3.63) is 11.8 Å². The number of halogens is 3. The standard InChI is InChI=1S/C6H7F3O3/c1-4(5(10)11-2)3-12-6(7,8)9/h3H,1-2H3. The van der Waals surface area contributed by atoms with Gasteiger partial charge in [-0.25, -0.2) is 4.79 Å². The van der Waals surface area contributed by atoms with Crippen LogP contribution in [0, 0.1) is 0 Å². The Morgan fingerprint density at radius 3 is 2.25 bits per heavy atom. The topological polar surface area (TPSA) is 35.5 Å². The fraction of sp³-hybridized carbons (Fsp3) is 0.500. The normalized spacial score (nSPS) is 12.6. The van der Waals surface area contributed by atoms with E-state index in [0.717, 1.165) is 14.0 Å². The summed E-state index contributed by atoms with van der Waals surface area (Å²) in [5.74, 6) is -0.862. The van der Waals surface area contributed by atoms with Crippen LogP contribution in [0.4, 0.5) is 13.2 Å². The highest BCUT2D eigenvalue weighted by atomic mass is 19.4. The highest BCUT2D eigenvalue weighted by molar-refractivity contribution is 5.87. The first kappa shape index (κ1) is 10.8. The molecule has 0 heterocycles. The van der Waals surface area contributed by atoms with Crippen LogP contribution in [0.15, 0.2) is 11.8 Å². The summed E-state index contributed by atoms with van der Waals surface area (Å²) in [5, 5.41) is 0. The largest absolute Gasteiger partial charge is 0.572 e. The van der Waals surface area contributed by atoms with Gasteiger partial charge in [-0.1, -0.05) is 0 Å². The second-order valence-corrected chi connectivity index (χ2v) is 1.86. The molecule has 0 saturated heterocycles. The van der Waals surface area contributed by atoms with E-state index < -0.39 is 12.3 Å². The number of alkyl halides is 3. The summed E-state index contributed by atoms with van der Waals surface area (Å²) in [5.41, 5.74) is -0.255. The average Bonchev–Trinajstić information content (AvgIpc) is 1.97. The summed E-state index contributed by atoms with van der Waals surface area (Å²) in [6, 6.07) is 0. The van der Waals surface area contributed by atoms with E-state index in [4.69, 9.17) is 0 Å². The molecule has 0 fully saturated rings. The molecule has 6 heteroatoms. The average molecular weight is 184 g/mol. The quantitative estimate of drug-likeness (QED) is 0.371. The van der Waals surface area contributed by atoms with Gasteiger partial charge in [0, 0.05) is 0 Å². The van der Waals surface area contributed by atoms with Gasteiger partial charge in [0.1, 0.15) is 6.26 Å². The molecule has 0 bridgehead atoms. The molecule has 0 aromatic carbocycles. The fourth-order valence-corrected chi connectivity index (χ4v) is 0.364. The van der Waals surface area contributed by atoms with Crippen LogP contribution in [0.5, 0.6) is 0 Å². The van der Waals surface area contributed by atoms with Gasteiger partial charge in [-0.2, -0.15) is 0 Å². The number of methoxy groups -OCH3 is 1. The number of esters is 1. The number of hydrogen-bond acceptors (Lipinski definition) is 3. The zero-order valence-electron chi connectivity index (χ0n) is 6.44. The summed E-state index contributed by atoms with van der Waals surface area (Å²) < 4.78 is 41.5. The smallest absolute Gasteiger partial charge is 0.466 e. The summed E-state index contributed by atoms with van der Waals surface area (Å²) in [4.78, 5) is 10.5. The van der Waals surface area contributed by atoms with Crippen LogP contribution in [0.3, 0.4) is 0 Å². The molecule has 0 N–H and O–H groups in total. The molecule has 0 unspecified atom stereocenters. The maximum atomic E-state index is 11.4. The van der Waals surface area contributed by atoms with Crippen LogP contribution in [0.2, 0.25) is 0 Å². The number of ether oxygens (including phenoxy) is 2. The van der Waals surface area contributed by atoms with Crippen molar-refractivity contribution in [2.75, 3.05) is 7.11 Å². The molecule has 0 radical (unpaired) electrons. The predicted molar refractivity (Wildman–Crippen MR) is 32.9 cm³/mol. The Labute approximate surface area is 66.8 Å². The number of rotatable bonds is 2. The molecule has 0 aliphatic heterocycles. The Hall–Kier alpha value is -1.20. The van der Waals surface area contributed by atoms with Crippen molar-refractivity contribution < 1.29 is 27.4 Å². The van der Waals surface area contributed by atoms with Gasteiger partial charge >= 0.3 is 12.3 Å². The molecule has 3 nitrogen and oxygen atoms in total. The summed E-state index contributed by atoms with van der Waals surface area (Å²) in [7, 11) is 1.06. The summed E-state index contributed by atoms with van der Waals surface area (Å²) >= 11 is 0. The van der Waals surface area contributed by atoms with Gasteiger partial charge in [0.15, 0.2) is 0 Å². The van der Waals surface area contributed by atoms with E-state index in [1.54, 1.807) is 0 Å². The Morgan fingerprint density at radius 1 is 1.42 bits per heavy atom. The Bertz CT molecular complexity index is 195. The molecule has 0 aliphatic rings. The number of hydrogen-bond donors (Lipinski definition) is 0. The van der Waals surface area contributed by atoms with Gasteiger partial charge in [-0.3, -0.25) is 0 Å². The molecule has 70 valence electrons. The van der Waals surface area contributed by atoms with Crippen molar-refractivity contribution in [3.63, 3.8) is 0 Å². The van der Waals surface area contributed by atoms with Crippen LogP contribution in [-0.2, 0) is 14.3 Å². The maximum absolute atomic E-state index is 11.4. The molecule has 12 heavy (non-hydrogen) atoms. The summed E-state index contributed by atoms with van der Waals surface area (Å²) in [6.45, 7) is 1.15. The van der Waals surface area contributed by atoms with Crippen LogP contribution in [0.25, 0.3) is 0 Å². The van der Waals surface area contributed by atoms with Gasteiger partial charge in [-0.05, 0) is 6.92 Å². The predicted octanol–water partition coefficient (Wildman–Crippen LogP) is 1.60. The highest BCUT2D eigenvalue weighted by Gasteiger charge is 2.29. The lowest BCUT2D eigenvalue weighted by atomic mass is 10.3. The van der Waals surface area contributed by atoms with Crippen LogP contribution < -0.4 is 0 Å². The second-order valence-electron chi connectivity index (χ2n) is 1.86. The van der Waals surface area contributed by atoms with Crippen molar-refractivity contribution in [1.29, 1.82) is 0 Å². The van der Waals surface area contributed by atoms with E-state index in [1.165, 1.54) is 0 Å². The Balaban J connectivity index is 4.10. The lowest BCUT2D eigenvalue weighted by Crippen LogP contribution is -2.11. The SMILES string of the molecule is COC(=O)C(C)=COC(F)(F)F. The third-order valence-corrected chi connectivity index (χ3v) is 0.877. The Morgan fingerprint density at radius 2 is 1.92 bits per heavy atom. The fourth-order valence-electron chi connectivity index (χ4n) is 0.364. The van der Waals surface area contributed by atoms with Gasteiger partial charge in [0.05, 0.1) is 12.7 Å². The van der Waals surface area contributed by atoms with Crippen molar-refractivity contribution in [2.24, 2.45) is 0 Å². The molecular formula is C6H7F3O3. The second kappa shape index (κ2) is 3.99. The maximum Gasteiger partial charge on any atom is 0.572 e. The molecule has 0 rings (SSSR count). The van der Waals surface area contributed by atoms with E-state index in [2.05, 4.69) is 9.47 Å². The van der Waals surface area contributed by atoms with Gasteiger partial charge in [0.2, 0.25) is 0 Å². The van der Waals surface area contributed by atoms with Crippen LogP contribution >= 0.6 is 0 Å². The molecule has 0 spiro atoms. The highest BCUT2D eigenvalue weighted by Crippen LogP contribution is 2.17. The van der Waals surface area contributed by atoms with Crippen molar-refractivity contribution in [1.82, 2.24) is 0 Å². The minimum atomic E-state index is -4.77. The van der Waals surface area contributed by atoms with Gasteiger partial charge < -0.3 is 9.47 Å². The lowest BCUT2D eigenvalue weighted by molar-refractivity contribution is -0.298. The third kappa shape index (κ3) is 4.59. The molecule has 0 aromatic rings. The third-order valence-electron chi connectivity index (χ3n) is 0.877. The monoisotopic (exact) mass is 184 g/mol. The zero-order chi connectivity index (χ0) is 9.78. The molecule has 0 atom stereocenters. The zero-order valence-corrected chi connectivity index (χ0v) is 6.44. The Kier molecular flexibility index (Phi) is 3.59. The van der Waals surface area contributed by atoms with E-state index in [-0.39, 0.29) is 5.57 Å². The number of carbonyl (C=O) groups excluding carboxylic acids is 1. The van der Waals surface area contributed by atoms with Crippen molar-refractivity contribution in [2.45, 2.75) is 13.3 Å². The lowest BCUT2D eigenvalue weighted by Gasteiger charge is -2.04. The molecule has 0 saturated carbocycles. The minimum absolute atomic E-state index is 0.255. The van der Waals surface area contributed by atoms with Gasteiger partial charge in [0.25, 0.3) is 0 Å². The molecule has 0 aliphatic carbocycles. The van der Waals surface area contributed by atoms with E-state index >= 15 is 0 Å². The van der Waals surface area contributed by atoms with E-state index in [9.17, 15) is 18.0 Å². The van der Waals surface area contributed by atoms with E-state index in [1.807, 2.05) is 0 Å². The van der Waals surface area contributed by atoms with Gasteiger partial charge in [-0.15, -0.1) is 13.2 Å². The van der Waals surface area contributed by atoms with Crippen LogP contribution in [-0.4, -0.2) is 19.4 Å². The molecule has 0 amide bonds. The first-order valence-electron chi connectivity index (χ1n) is 2.86. The van der Waals surface area contributed by atoms with Crippen molar-refractivity contribution in [3.8, 4) is 0 Å². The first-order chi connectivity index (χ1) is 5.37. The van der Waals surface area contributed by atoms with E-state index in [0.29, 0.717) is 6.26 Å². The minimum Gasteiger partial charge on any atom is -0.466 e. The summed E-state index contributed by atoms with van der Waals surface area (Å²) in [6.07, 6.45) is -4.47. The van der Waals surface area contributed by atoms with Crippen LogP contribution in [0.1, 0.15) is 6.92 Å². The molecule has 0 aromatic heterocycles. The molecular weight excluding hydrogens is 177 g/mol. The van der Waals surface area contributed by atoms with Crippen molar-refractivity contribution >= 4 is 5.97 Å². The first-order valence-corrected chi connectivity index (χ1v) is 2.86.